The average molecular weight is 272 g/mol. The van der Waals surface area contributed by atoms with E-state index < -0.39 is 5.82 Å². The van der Waals surface area contributed by atoms with Crippen molar-refractivity contribution in [2.75, 3.05) is 37.4 Å². The molecule has 0 aliphatic heterocycles. The summed E-state index contributed by atoms with van der Waals surface area (Å²) in [4.78, 5) is 1.85. The molecule has 0 bridgehead atoms. The van der Waals surface area contributed by atoms with Crippen LogP contribution in [0.1, 0.15) is 6.42 Å². The lowest BCUT2D eigenvalue weighted by Gasteiger charge is -2.25. The zero-order valence-electron chi connectivity index (χ0n) is 10.1. The summed E-state index contributed by atoms with van der Waals surface area (Å²) in [5.74, 6) is -0.551. The highest BCUT2D eigenvalue weighted by Gasteiger charge is 2.13. The van der Waals surface area contributed by atoms with E-state index in [0.717, 1.165) is 0 Å². The zero-order chi connectivity index (χ0) is 13.5. The van der Waals surface area contributed by atoms with Gasteiger partial charge in [0.05, 0.1) is 35.5 Å². The summed E-state index contributed by atoms with van der Waals surface area (Å²) in [7, 11) is 1.59. The number of nitrogen functional groups attached to an aromatic ring is 1. The maximum atomic E-state index is 13.2. The van der Waals surface area contributed by atoms with E-state index in [0.29, 0.717) is 37.5 Å². The first-order valence-electron chi connectivity index (χ1n) is 5.45. The van der Waals surface area contributed by atoms with Gasteiger partial charge in [-0.25, -0.2) is 4.39 Å². The fourth-order valence-corrected chi connectivity index (χ4v) is 1.72. The Morgan fingerprint density at radius 1 is 1.50 bits per heavy atom. The van der Waals surface area contributed by atoms with Crippen molar-refractivity contribution in [3.63, 3.8) is 0 Å². The van der Waals surface area contributed by atoms with Crippen molar-refractivity contribution in [1.29, 1.82) is 5.26 Å². The third-order valence-corrected chi connectivity index (χ3v) is 2.76. The molecule has 0 heterocycles. The highest BCUT2D eigenvalue weighted by atomic mass is 35.5. The minimum absolute atomic E-state index is 0.0126. The number of hydrogen-bond donors (Lipinski definition) is 1. The predicted octanol–water partition coefficient (Wildman–Crippen LogP) is 2.43. The average Bonchev–Trinajstić information content (AvgIpc) is 2.35. The van der Waals surface area contributed by atoms with Gasteiger partial charge in [-0.2, -0.15) is 5.26 Å². The van der Waals surface area contributed by atoms with E-state index in [1.54, 1.807) is 7.11 Å². The molecule has 0 amide bonds. The van der Waals surface area contributed by atoms with Crippen LogP contribution in [0.15, 0.2) is 12.1 Å². The van der Waals surface area contributed by atoms with E-state index in [9.17, 15) is 4.39 Å². The Balaban J connectivity index is 2.96. The molecule has 6 heteroatoms. The molecule has 1 aromatic rings. The van der Waals surface area contributed by atoms with E-state index in [4.69, 9.17) is 27.3 Å². The lowest BCUT2D eigenvalue weighted by atomic mass is 10.2. The molecule has 4 nitrogen and oxygen atoms in total. The third kappa shape index (κ3) is 3.76. The topological polar surface area (TPSA) is 62.3 Å². The molecule has 1 rings (SSSR count). The van der Waals surface area contributed by atoms with Crippen molar-refractivity contribution in [2.24, 2.45) is 0 Å². The molecule has 0 aliphatic rings. The lowest BCUT2D eigenvalue weighted by Crippen LogP contribution is -2.29. The highest BCUT2D eigenvalue weighted by Crippen LogP contribution is 2.29. The van der Waals surface area contributed by atoms with Crippen LogP contribution in [0.4, 0.5) is 15.8 Å². The van der Waals surface area contributed by atoms with E-state index >= 15 is 0 Å². The maximum Gasteiger partial charge on any atom is 0.143 e. The van der Waals surface area contributed by atoms with Crippen molar-refractivity contribution in [3.05, 3.63) is 23.0 Å². The monoisotopic (exact) mass is 271 g/mol. The van der Waals surface area contributed by atoms with Gasteiger partial charge in [-0.3, -0.25) is 0 Å². The van der Waals surface area contributed by atoms with Gasteiger partial charge in [0.2, 0.25) is 0 Å². The van der Waals surface area contributed by atoms with Crippen LogP contribution in [0.3, 0.4) is 0 Å². The Morgan fingerprint density at radius 2 is 2.22 bits per heavy atom. The first-order valence-corrected chi connectivity index (χ1v) is 5.83. The Morgan fingerprint density at radius 3 is 2.83 bits per heavy atom. The molecule has 0 fully saturated rings. The summed E-state index contributed by atoms with van der Waals surface area (Å²) in [5.41, 5.74) is 6.69. The second kappa shape index (κ2) is 7.04. The van der Waals surface area contributed by atoms with E-state index in [1.165, 1.54) is 12.1 Å². The number of hydrogen-bond acceptors (Lipinski definition) is 4. The van der Waals surface area contributed by atoms with E-state index in [1.807, 2.05) is 4.90 Å². The summed E-state index contributed by atoms with van der Waals surface area (Å²) in [6.45, 7) is 1.54. The molecule has 1 aromatic carbocycles. The van der Waals surface area contributed by atoms with Gasteiger partial charge in [-0.05, 0) is 6.07 Å². The molecular weight excluding hydrogens is 257 g/mol. The molecule has 0 aromatic heterocycles. The number of nitriles is 1. The largest absolute Gasteiger partial charge is 0.397 e. The molecule has 2 N–H and O–H groups in total. The summed E-state index contributed by atoms with van der Waals surface area (Å²) in [6, 6.07) is 4.72. The summed E-state index contributed by atoms with van der Waals surface area (Å²) in [6.07, 6.45) is 0.345. The molecule has 0 radical (unpaired) electrons. The SMILES string of the molecule is COCCN(CCC#N)c1cc(Cl)c(F)cc1N. The number of benzene rings is 1. The first kappa shape index (κ1) is 14.6. The summed E-state index contributed by atoms with van der Waals surface area (Å²) < 4.78 is 18.2. The molecule has 0 aliphatic carbocycles. The fraction of sp³-hybridized carbons (Fsp3) is 0.417. The van der Waals surface area contributed by atoms with Crippen molar-refractivity contribution in [3.8, 4) is 6.07 Å². The molecule has 0 saturated carbocycles. The number of nitrogens with two attached hydrogens (primary N) is 1. The molecule has 0 atom stereocenters. The van der Waals surface area contributed by atoms with Gasteiger partial charge >= 0.3 is 0 Å². The number of ether oxygens (including phenoxy) is 1. The van der Waals surface area contributed by atoms with Gasteiger partial charge in [0, 0.05) is 26.3 Å². The summed E-state index contributed by atoms with van der Waals surface area (Å²) >= 11 is 5.74. The van der Waals surface area contributed by atoms with Gasteiger partial charge in [0.1, 0.15) is 5.82 Å². The van der Waals surface area contributed by atoms with Crippen LogP contribution in [-0.4, -0.2) is 26.8 Å². The van der Waals surface area contributed by atoms with Crippen LogP contribution in [0.25, 0.3) is 0 Å². The molecule has 98 valence electrons. The number of nitrogens with zero attached hydrogens (tertiary/aromatic N) is 2. The number of methoxy groups -OCH3 is 1. The van der Waals surface area contributed by atoms with Crippen molar-refractivity contribution < 1.29 is 9.13 Å². The van der Waals surface area contributed by atoms with Crippen LogP contribution < -0.4 is 10.6 Å². The van der Waals surface area contributed by atoms with Gasteiger partial charge in [-0.1, -0.05) is 11.6 Å². The number of rotatable bonds is 6. The van der Waals surface area contributed by atoms with Crippen LogP contribution in [0.2, 0.25) is 5.02 Å². The Bertz CT molecular complexity index is 448. The third-order valence-electron chi connectivity index (χ3n) is 2.47. The predicted molar refractivity (Wildman–Crippen MR) is 70.1 cm³/mol. The minimum atomic E-state index is -0.551. The fourth-order valence-electron chi connectivity index (χ4n) is 1.56. The maximum absolute atomic E-state index is 13.2. The summed E-state index contributed by atoms with van der Waals surface area (Å²) in [5, 5.41) is 8.64. The zero-order valence-corrected chi connectivity index (χ0v) is 10.9. The highest BCUT2D eigenvalue weighted by molar-refractivity contribution is 6.31. The quantitative estimate of drug-likeness (QED) is 0.807. The van der Waals surface area contributed by atoms with E-state index in [-0.39, 0.29) is 5.02 Å². The molecule has 0 unspecified atom stereocenters. The Labute approximate surface area is 111 Å². The molecule has 18 heavy (non-hydrogen) atoms. The van der Waals surface area contributed by atoms with Crippen LogP contribution in [-0.2, 0) is 4.74 Å². The Kier molecular flexibility index (Phi) is 5.69. The van der Waals surface area contributed by atoms with Crippen LogP contribution >= 0.6 is 11.6 Å². The van der Waals surface area contributed by atoms with Gasteiger partial charge in [0.15, 0.2) is 0 Å². The standard InChI is InChI=1S/C12H15ClFN3O/c1-18-6-5-17(4-2-3-15)12-7-9(13)10(14)8-11(12)16/h7-8H,2,4-6,16H2,1H3. The van der Waals surface area contributed by atoms with Crippen molar-refractivity contribution in [2.45, 2.75) is 6.42 Å². The minimum Gasteiger partial charge on any atom is -0.397 e. The smallest absolute Gasteiger partial charge is 0.143 e. The van der Waals surface area contributed by atoms with Crippen LogP contribution in [0.5, 0.6) is 0 Å². The second-order valence-electron chi connectivity index (χ2n) is 3.71. The first-order chi connectivity index (χ1) is 8.60. The number of anilines is 2. The lowest BCUT2D eigenvalue weighted by molar-refractivity contribution is 0.205. The van der Waals surface area contributed by atoms with Crippen LogP contribution in [0, 0.1) is 17.1 Å². The van der Waals surface area contributed by atoms with Gasteiger partial charge < -0.3 is 15.4 Å². The second-order valence-corrected chi connectivity index (χ2v) is 4.12. The van der Waals surface area contributed by atoms with Gasteiger partial charge in [-0.15, -0.1) is 0 Å². The molecule has 0 spiro atoms. The normalized spacial score (nSPS) is 10.1. The Hall–Kier alpha value is -1.51. The van der Waals surface area contributed by atoms with Crippen molar-refractivity contribution in [1.82, 2.24) is 0 Å². The van der Waals surface area contributed by atoms with Crippen molar-refractivity contribution >= 4 is 23.0 Å². The van der Waals surface area contributed by atoms with Gasteiger partial charge in [0.25, 0.3) is 0 Å². The number of halogens is 2. The molecular formula is C12H15ClFN3O. The molecule has 0 saturated heterocycles. The van der Waals surface area contributed by atoms with E-state index in [2.05, 4.69) is 6.07 Å².